The third kappa shape index (κ3) is 3.35. The Hall–Kier alpha value is -1.82. The van der Waals surface area contributed by atoms with Crippen molar-refractivity contribution in [1.29, 1.82) is 5.26 Å². The van der Waals surface area contributed by atoms with Crippen molar-refractivity contribution in [3.8, 4) is 6.07 Å². The van der Waals surface area contributed by atoms with Crippen LogP contribution < -0.4 is 0 Å². The van der Waals surface area contributed by atoms with Gasteiger partial charge in [0.1, 0.15) is 6.04 Å². The Morgan fingerprint density at radius 2 is 1.74 bits per heavy atom. The molecule has 2 rings (SSSR count). The average molecular weight is 271 g/mol. The monoisotopic (exact) mass is 270 g/mol. The fraction of sp³-hybridized carbons (Fsp3) is 0.188. The number of hydrogen-bond donors (Lipinski definition) is 0. The van der Waals surface area contributed by atoms with E-state index in [4.69, 9.17) is 11.6 Å². The molecule has 0 bridgehead atoms. The molecule has 0 heterocycles. The van der Waals surface area contributed by atoms with Gasteiger partial charge in [-0.15, -0.1) is 0 Å². The predicted octanol–water partition coefficient (Wildman–Crippen LogP) is 4.04. The minimum atomic E-state index is -0.339. The van der Waals surface area contributed by atoms with Gasteiger partial charge in [-0.2, -0.15) is 5.26 Å². The molecule has 2 aromatic rings. The molecule has 3 heteroatoms. The van der Waals surface area contributed by atoms with Gasteiger partial charge in [-0.05, 0) is 18.7 Å². The van der Waals surface area contributed by atoms with Gasteiger partial charge in [0, 0.05) is 17.1 Å². The Kier molecular flexibility index (Phi) is 4.57. The van der Waals surface area contributed by atoms with E-state index in [1.807, 2.05) is 54.4 Å². The van der Waals surface area contributed by atoms with Gasteiger partial charge in [-0.3, -0.25) is 4.90 Å². The smallest absolute Gasteiger partial charge is 0.125 e. The average Bonchev–Trinajstić information content (AvgIpc) is 2.43. The lowest BCUT2D eigenvalue weighted by molar-refractivity contribution is 0.283. The van der Waals surface area contributed by atoms with Crippen molar-refractivity contribution in [3.63, 3.8) is 0 Å². The van der Waals surface area contributed by atoms with Crippen molar-refractivity contribution in [1.82, 2.24) is 4.90 Å². The summed E-state index contributed by atoms with van der Waals surface area (Å²) in [6, 6.07) is 19.6. The van der Waals surface area contributed by atoms with Crippen molar-refractivity contribution in [3.05, 3.63) is 70.7 Å². The summed E-state index contributed by atoms with van der Waals surface area (Å²) < 4.78 is 0. The first-order valence-electron chi connectivity index (χ1n) is 6.10. The number of rotatable bonds is 4. The number of benzene rings is 2. The van der Waals surface area contributed by atoms with Gasteiger partial charge in [0.15, 0.2) is 0 Å². The molecular weight excluding hydrogens is 256 g/mol. The molecule has 0 N–H and O–H groups in total. The highest BCUT2D eigenvalue weighted by Gasteiger charge is 2.18. The van der Waals surface area contributed by atoms with Crippen LogP contribution in [0.2, 0.25) is 5.02 Å². The van der Waals surface area contributed by atoms with E-state index in [0.29, 0.717) is 11.6 Å². The fourth-order valence-corrected chi connectivity index (χ4v) is 2.30. The van der Waals surface area contributed by atoms with Crippen LogP contribution in [0.5, 0.6) is 0 Å². The van der Waals surface area contributed by atoms with Crippen LogP contribution in [-0.4, -0.2) is 11.9 Å². The van der Waals surface area contributed by atoms with Crippen LogP contribution in [0.1, 0.15) is 17.2 Å². The summed E-state index contributed by atoms with van der Waals surface area (Å²) in [5.74, 6) is 0. The zero-order valence-corrected chi connectivity index (χ0v) is 11.5. The lowest BCUT2D eigenvalue weighted by atomic mass is 10.1. The van der Waals surface area contributed by atoms with Gasteiger partial charge in [0.05, 0.1) is 6.07 Å². The van der Waals surface area contributed by atoms with Gasteiger partial charge in [0.25, 0.3) is 0 Å². The SMILES string of the molecule is CN(Cc1ccccc1)C(C#N)c1ccccc1Cl. The molecule has 2 nitrogen and oxygen atoms in total. The highest BCUT2D eigenvalue weighted by molar-refractivity contribution is 6.31. The quantitative estimate of drug-likeness (QED) is 0.838. The van der Waals surface area contributed by atoms with E-state index in [1.165, 1.54) is 5.56 Å². The molecule has 0 fully saturated rings. The van der Waals surface area contributed by atoms with Crippen molar-refractivity contribution >= 4 is 11.6 Å². The standard InChI is InChI=1S/C16H15ClN2/c1-19(12-13-7-3-2-4-8-13)16(11-18)14-9-5-6-10-15(14)17/h2-10,16H,12H2,1H3. The number of halogens is 1. The molecule has 0 aliphatic carbocycles. The van der Waals surface area contributed by atoms with Gasteiger partial charge in [0.2, 0.25) is 0 Å². The third-order valence-corrected chi connectivity index (χ3v) is 3.38. The summed E-state index contributed by atoms with van der Waals surface area (Å²) >= 11 is 6.17. The van der Waals surface area contributed by atoms with Gasteiger partial charge < -0.3 is 0 Å². The lowest BCUT2D eigenvalue weighted by Gasteiger charge is -2.23. The summed E-state index contributed by atoms with van der Waals surface area (Å²) in [6.45, 7) is 0.713. The van der Waals surface area contributed by atoms with Crippen LogP contribution in [-0.2, 0) is 6.54 Å². The Morgan fingerprint density at radius 3 is 2.37 bits per heavy atom. The topological polar surface area (TPSA) is 27.0 Å². The number of nitrogens with zero attached hydrogens (tertiary/aromatic N) is 2. The highest BCUT2D eigenvalue weighted by Crippen LogP contribution is 2.27. The van der Waals surface area contributed by atoms with E-state index in [9.17, 15) is 5.26 Å². The molecule has 19 heavy (non-hydrogen) atoms. The largest absolute Gasteiger partial charge is 0.283 e. The molecule has 1 atom stereocenters. The molecule has 0 radical (unpaired) electrons. The Balaban J connectivity index is 2.19. The van der Waals surface area contributed by atoms with Crippen molar-refractivity contribution in [2.45, 2.75) is 12.6 Å². The molecule has 0 aliphatic rings. The summed E-state index contributed by atoms with van der Waals surface area (Å²) in [5.41, 5.74) is 2.03. The first kappa shape index (κ1) is 13.6. The van der Waals surface area contributed by atoms with Crippen LogP contribution in [0.4, 0.5) is 0 Å². The zero-order valence-electron chi connectivity index (χ0n) is 10.8. The zero-order chi connectivity index (χ0) is 13.7. The van der Waals surface area contributed by atoms with Crippen LogP contribution in [0.25, 0.3) is 0 Å². The first-order chi connectivity index (χ1) is 9.22. The van der Waals surface area contributed by atoms with Gasteiger partial charge >= 0.3 is 0 Å². The van der Waals surface area contributed by atoms with Crippen LogP contribution in [0.3, 0.4) is 0 Å². The van der Waals surface area contributed by atoms with E-state index in [0.717, 1.165) is 5.56 Å². The summed E-state index contributed by atoms with van der Waals surface area (Å²) in [6.07, 6.45) is 0. The van der Waals surface area contributed by atoms with E-state index in [-0.39, 0.29) is 6.04 Å². The van der Waals surface area contributed by atoms with Crippen molar-refractivity contribution in [2.24, 2.45) is 0 Å². The van der Waals surface area contributed by atoms with Gasteiger partial charge in [-0.1, -0.05) is 60.1 Å². The maximum Gasteiger partial charge on any atom is 0.125 e. The Morgan fingerprint density at radius 1 is 1.11 bits per heavy atom. The van der Waals surface area contributed by atoms with Gasteiger partial charge in [-0.25, -0.2) is 0 Å². The van der Waals surface area contributed by atoms with Crippen LogP contribution >= 0.6 is 11.6 Å². The second-order valence-corrected chi connectivity index (χ2v) is 4.86. The Bertz CT molecular complexity index is 575. The summed E-state index contributed by atoms with van der Waals surface area (Å²) in [4.78, 5) is 2.00. The molecule has 0 spiro atoms. The van der Waals surface area contributed by atoms with Crippen molar-refractivity contribution in [2.75, 3.05) is 7.05 Å². The van der Waals surface area contributed by atoms with Crippen LogP contribution in [0.15, 0.2) is 54.6 Å². The van der Waals surface area contributed by atoms with Crippen LogP contribution in [0, 0.1) is 11.3 Å². The maximum absolute atomic E-state index is 9.40. The van der Waals surface area contributed by atoms with E-state index < -0.39 is 0 Å². The molecule has 0 aromatic heterocycles. The van der Waals surface area contributed by atoms with E-state index in [2.05, 4.69) is 18.2 Å². The summed E-state index contributed by atoms with van der Waals surface area (Å²) in [5, 5.41) is 10.0. The third-order valence-electron chi connectivity index (χ3n) is 3.04. The number of nitriles is 1. The molecule has 2 aromatic carbocycles. The minimum Gasteiger partial charge on any atom is -0.283 e. The van der Waals surface area contributed by atoms with E-state index >= 15 is 0 Å². The molecule has 0 amide bonds. The normalized spacial score (nSPS) is 12.1. The lowest BCUT2D eigenvalue weighted by Crippen LogP contribution is -2.23. The molecular formula is C16H15ClN2. The highest BCUT2D eigenvalue weighted by atomic mass is 35.5. The number of hydrogen-bond acceptors (Lipinski definition) is 2. The molecule has 0 aliphatic heterocycles. The minimum absolute atomic E-state index is 0.339. The second-order valence-electron chi connectivity index (χ2n) is 4.45. The molecule has 0 saturated carbocycles. The second kappa shape index (κ2) is 6.38. The fourth-order valence-electron chi connectivity index (χ4n) is 2.07. The molecule has 96 valence electrons. The van der Waals surface area contributed by atoms with E-state index in [1.54, 1.807) is 0 Å². The Labute approximate surface area is 118 Å². The maximum atomic E-state index is 9.40. The summed E-state index contributed by atoms with van der Waals surface area (Å²) in [7, 11) is 1.93. The van der Waals surface area contributed by atoms with Crippen molar-refractivity contribution < 1.29 is 0 Å². The molecule has 1 unspecified atom stereocenters. The molecule has 0 saturated heterocycles. The predicted molar refractivity (Wildman–Crippen MR) is 77.7 cm³/mol. The first-order valence-corrected chi connectivity index (χ1v) is 6.48.